The molecule has 0 aromatic rings. The van der Waals surface area contributed by atoms with E-state index in [0.717, 1.165) is 31.4 Å². The van der Waals surface area contributed by atoms with E-state index in [4.69, 9.17) is 5.73 Å². The number of aldehydes is 1. The monoisotopic (exact) mass is 208 g/mol. The predicted molar refractivity (Wildman–Crippen MR) is 57.8 cm³/mol. The summed E-state index contributed by atoms with van der Waals surface area (Å²) in [6, 6.07) is -0.165. The molecule has 15 heavy (non-hydrogen) atoms. The van der Waals surface area contributed by atoms with E-state index in [0.29, 0.717) is 17.3 Å². The van der Waals surface area contributed by atoms with Crippen LogP contribution in [0.2, 0.25) is 0 Å². The molecule has 82 valence electrons. The fourth-order valence-corrected chi connectivity index (χ4v) is 1.54. The number of hydrogen-bond acceptors (Lipinski definition) is 5. The first-order valence-electron chi connectivity index (χ1n) is 5.31. The van der Waals surface area contributed by atoms with Crippen LogP contribution >= 0.6 is 0 Å². The highest BCUT2D eigenvalue weighted by Gasteiger charge is 2.30. The molecule has 2 rings (SSSR count). The lowest BCUT2D eigenvalue weighted by molar-refractivity contribution is -0.105. The summed E-state index contributed by atoms with van der Waals surface area (Å²) in [5, 5.41) is 0. The van der Waals surface area contributed by atoms with E-state index in [2.05, 4.69) is 15.8 Å². The second kappa shape index (κ2) is 4.02. The van der Waals surface area contributed by atoms with Crippen LogP contribution in [0.15, 0.2) is 16.4 Å². The van der Waals surface area contributed by atoms with Crippen LogP contribution in [0.1, 0.15) is 26.2 Å². The van der Waals surface area contributed by atoms with E-state index in [1.807, 2.05) is 6.92 Å². The van der Waals surface area contributed by atoms with Gasteiger partial charge in [0, 0.05) is 12.0 Å². The van der Waals surface area contributed by atoms with Gasteiger partial charge < -0.3 is 11.2 Å². The Labute approximate surface area is 88.8 Å². The molecule has 0 aromatic heterocycles. The zero-order chi connectivity index (χ0) is 10.8. The molecule has 0 spiro atoms. The zero-order valence-electron chi connectivity index (χ0n) is 8.79. The molecule has 1 aliphatic carbocycles. The number of nitrogens with zero attached hydrogens (tertiary/aromatic N) is 1. The molecule has 5 heteroatoms. The molecular weight excluding hydrogens is 192 g/mol. The van der Waals surface area contributed by atoms with E-state index >= 15 is 0 Å². The number of carbonyl (C=O) groups excluding carboxylic acids is 1. The third-order valence-electron chi connectivity index (χ3n) is 2.73. The van der Waals surface area contributed by atoms with Gasteiger partial charge in [-0.3, -0.25) is 10.2 Å². The van der Waals surface area contributed by atoms with Gasteiger partial charge in [0.05, 0.1) is 5.70 Å². The molecule has 1 atom stereocenters. The molecule has 1 saturated carbocycles. The molecular formula is C10H16N4O. The van der Waals surface area contributed by atoms with Crippen LogP contribution in [-0.2, 0) is 4.79 Å². The minimum Gasteiger partial charge on any atom is -0.323 e. The molecule has 0 radical (unpaired) electrons. The van der Waals surface area contributed by atoms with Crippen molar-refractivity contribution in [1.29, 1.82) is 0 Å². The first-order chi connectivity index (χ1) is 7.26. The zero-order valence-corrected chi connectivity index (χ0v) is 8.79. The SMILES string of the molecule is CCC(N)C1=C(C=O)N=C(C2CC2)NN1. The van der Waals surface area contributed by atoms with Gasteiger partial charge in [0.2, 0.25) is 0 Å². The van der Waals surface area contributed by atoms with Crippen LogP contribution in [0.5, 0.6) is 0 Å². The smallest absolute Gasteiger partial charge is 0.170 e. The molecule has 1 unspecified atom stereocenters. The van der Waals surface area contributed by atoms with Crippen molar-refractivity contribution < 1.29 is 4.79 Å². The quantitative estimate of drug-likeness (QED) is 0.570. The molecule has 1 aliphatic heterocycles. The van der Waals surface area contributed by atoms with Gasteiger partial charge in [0.25, 0.3) is 0 Å². The standard InChI is InChI=1S/C10H16N4O/c1-2-7(11)9-8(5-15)12-10(14-13-9)6-3-4-6/h5-7,13H,2-4,11H2,1H3,(H,12,14). The summed E-state index contributed by atoms with van der Waals surface area (Å²) in [5.74, 6) is 1.36. The Balaban J connectivity index is 2.23. The topological polar surface area (TPSA) is 79.5 Å². The van der Waals surface area contributed by atoms with Crippen molar-refractivity contribution >= 4 is 12.1 Å². The summed E-state index contributed by atoms with van der Waals surface area (Å²) in [6.45, 7) is 1.97. The highest BCUT2D eigenvalue weighted by Crippen LogP contribution is 2.31. The van der Waals surface area contributed by atoms with Crippen molar-refractivity contribution in [3.05, 3.63) is 11.4 Å². The van der Waals surface area contributed by atoms with Gasteiger partial charge in [0.15, 0.2) is 6.29 Å². The Morgan fingerprint density at radius 1 is 1.60 bits per heavy atom. The first-order valence-corrected chi connectivity index (χ1v) is 5.31. The summed E-state index contributed by atoms with van der Waals surface area (Å²) in [6.07, 6.45) is 3.83. The largest absolute Gasteiger partial charge is 0.323 e. The van der Waals surface area contributed by atoms with Crippen molar-refractivity contribution in [3.8, 4) is 0 Å². The summed E-state index contributed by atoms with van der Waals surface area (Å²) < 4.78 is 0. The Bertz CT molecular complexity index is 330. The van der Waals surface area contributed by atoms with Crippen molar-refractivity contribution in [3.63, 3.8) is 0 Å². The number of rotatable bonds is 4. The maximum Gasteiger partial charge on any atom is 0.170 e. The van der Waals surface area contributed by atoms with E-state index in [-0.39, 0.29) is 6.04 Å². The fraction of sp³-hybridized carbons (Fsp3) is 0.600. The van der Waals surface area contributed by atoms with E-state index in [1.165, 1.54) is 0 Å². The lowest BCUT2D eigenvalue weighted by atomic mass is 10.1. The number of hydrogen-bond donors (Lipinski definition) is 3. The van der Waals surface area contributed by atoms with Crippen LogP contribution in [0.4, 0.5) is 0 Å². The third kappa shape index (κ3) is 2.02. The van der Waals surface area contributed by atoms with E-state index in [9.17, 15) is 4.79 Å². The molecule has 0 bridgehead atoms. The molecule has 0 aromatic carbocycles. The summed E-state index contributed by atoms with van der Waals surface area (Å²) >= 11 is 0. The molecule has 1 fully saturated rings. The summed E-state index contributed by atoms with van der Waals surface area (Å²) in [7, 11) is 0. The average Bonchev–Trinajstić information content (AvgIpc) is 3.11. The first kappa shape index (κ1) is 10.2. The van der Waals surface area contributed by atoms with E-state index in [1.54, 1.807) is 0 Å². The van der Waals surface area contributed by atoms with Gasteiger partial charge in [-0.15, -0.1) is 0 Å². The highest BCUT2D eigenvalue weighted by atomic mass is 16.1. The maximum absolute atomic E-state index is 10.9. The number of amidine groups is 1. The van der Waals surface area contributed by atoms with Crippen LogP contribution in [0, 0.1) is 5.92 Å². The Hall–Kier alpha value is -1.36. The number of allylic oxidation sites excluding steroid dienone is 1. The predicted octanol–water partition coefficient (Wildman–Crippen LogP) is 0.0505. The van der Waals surface area contributed by atoms with Crippen molar-refractivity contribution in [2.24, 2.45) is 16.6 Å². The van der Waals surface area contributed by atoms with Gasteiger partial charge in [0.1, 0.15) is 11.5 Å². The van der Waals surface area contributed by atoms with Crippen molar-refractivity contribution in [2.75, 3.05) is 0 Å². The van der Waals surface area contributed by atoms with Crippen LogP contribution in [0.25, 0.3) is 0 Å². The highest BCUT2D eigenvalue weighted by molar-refractivity contribution is 5.92. The van der Waals surface area contributed by atoms with Crippen molar-refractivity contribution in [1.82, 2.24) is 10.9 Å². The van der Waals surface area contributed by atoms with Gasteiger partial charge in [-0.25, -0.2) is 4.99 Å². The lowest BCUT2D eigenvalue weighted by Crippen LogP contribution is -2.46. The Kier molecular flexibility index (Phi) is 2.73. The normalized spacial score (nSPS) is 22.7. The minimum absolute atomic E-state index is 0.165. The average molecular weight is 208 g/mol. The van der Waals surface area contributed by atoms with Crippen molar-refractivity contribution in [2.45, 2.75) is 32.2 Å². The lowest BCUT2D eigenvalue weighted by Gasteiger charge is -2.23. The van der Waals surface area contributed by atoms with Gasteiger partial charge >= 0.3 is 0 Å². The fourth-order valence-electron chi connectivity index (χ4n) is 1.54. The molecule has 4 N–H and O–H groups in total. The Morgan fingerprint density at radius 2 is 2.33 bits per heavy atom. The molecule has 5 nitrogen and oxygen atoms in total. The number of aliphatic imine (C=N–C) groups is 1. The molecule has 1 heterocycles. The number of nitrogens with two attached hydrogens (primary N) is 1. The van der Waals surface area contributed by atoms with Gasteiger partial charge in [-0.2, -0.15) is 0 Å². The minimum atomic E-state index is -0.165. The number of nitrogens with one attached hydrogen (secondary N) is 2. The molecule has 0 amide bonds. The van der Waals surface area contributed by atoms with Crippen LogP contribution in [0.3, 0.4) is 0 Å². The van der Waals surface area contributed by atoms with Crippen LogP contribution < -0.4 is 16.6 Å². The maximum atomic E-state index is 10.9. The third-order valence-corrected chi connectivity index (χ3v) is 2.73. The van der Waals surface area contributed by atoms with Crippen LogP contribution in [-0.4, -0.2) is 18.2 Å². The second-order valence-electron chi connectivity index (χ2n) is 3.95. The molecule has 0 saturated heterocycles. The number of carbonyl (C=O) groups is 1. The Morgan fingerprint density at radius 3 is 2.87 bits per heavy atom. The molecule has 2 aliphatic rings. The summed E-state index contributed by atoms with van der Waals surface area (Å²) in [4.78, 5) is 15.2. The van der Waals surface area contributed by atoms with Gasteiger partial charge in [-0.05, 0) is 19.3 Å². The number of hydrazine groups is 1. The second-order valence-corrected chi connectivity index (χ2v) is 3.95. The summed E-state index contributed by atoms with van der Waals surface area (Å²) in [5.41, 5.74) is 13.0. The van der Waals surface area contributed by atoms with Gasteiger partial charge in [-0.1, -0.05) is 6.92 Å². The van der Waals surface area contributed by atoms with E-state index < -0.39 is 0 Å².